The lowest BCUT2D eigenvalue weighted by Gasteiger charge is -2.02. The minimum Gasteiger partial charge on any atom is -0.356 e. The molecule has 0 spiro atoms. The van der Waals surface area contributed by atoms with E-state index >= 15 is 0 Å². The van der Waals surface area contributed by atoms with Gasteiger partial charge in [-0.1, -0.05) is 11.6 Å². The molecule has 1 aromatic carbocycles. The first-order valence-corrected chi connectivity index (χ1v) is 5.40. The Morgan fingerprint density at radius 1 is 1.50 bits per heavy atom. The second-order valence-electron chi connectivity index (χ2n) is 3.71. The van der Waals surface area contributed by atoms with Crippen LogP contribution in [0.5, 0.6) is 0 Å². The second kappa shape index (κ2) is 4.26. The minimum absolute atomic E-state index is 0.139. The summed E-state index contributed by atoms with van der Waals surface area (Å²) in [6.45, 7) is 0. The summed E-state index contributed by atoms with van der Waals surface area (Å²) in [7, 11) is 1.57. The monoisotopic (exact) mass is 239 g/mol. The number of hydrogen-bond donors (Lipinski definition) is 1. The van der Waals surface area contributed by atoms with E-state index in [1.54, 1.807) is 13.1 Å². The molecule has 84 valence electrons. The highest BCUT2D eigenvalue weighted by Crippen LogP contribution is 2.34. The quantitative estimate of drug-likeness (QED) is 0.750. The van der Waals surface area contributed by atoms with Gasteiger partial charge in [-0.15, -0.1) is 0 Å². The van der Waals surface area contributed by atoms with Crippen molar-refractivity contribution in [2.75, 3.05) is 7.05 Å². The fourth-order valence-corrected chi connectivity index (χ4v) is 2.06. The number of rotatable bonds is 1. The molecule has 16 heavy (non-hydrogen) atoms. The summed E-state index contributed by atoms with van der Waals surface area (Å²) in [5.41, 5.74) is 2.66. The van der Waals surface area contributed by atoms with Crippen LogP contribution in [0.3, 0.4) is 0 Å². The minimum atomic E-state index is -0.440. The summed E-state index contributed by atoms with van der Waals surface area (Å²) in [5.74, 6) is -0.608. The molecule has 2 nitrogen and oxygen atoms in total. The number of hydrogen-bond acceptors (Lipinski definition) is 1. The van der Waals surface area contributed by atoms with E-state index in [4.69, 9.17) is 11.6 Å². The average Bonchev–Trinajstić information content (AvgIpc) is 2.62. The van der Waals surface area contributed by atoms with Gasteiger partial charge in [-0.05, 0) is 41.7 Å². The number of benzene rings is 1. The fraction of sp³-hybridized carbons (Fsp3) is 0.250. The van der Waals surface area contributed by atoms with Crippen LogP contribution in [0.1, 0.15) is 17.5 Å². The number of fused-ring (bicyclic) bond motifs is 1. The number of amides is 1. The third-order valence-corrected chi connectivity index (χ3v) is 3.00. The van der Waals surface area contributed by atoms with Crippen LogP contribution < -0.4 is 5.32 Å². The molecule has 1 N–H and O–H groups in total. The zero-order valence-electron chi connectivity index (χ0n) is 8.81. The summed E-state index contributed by atoms with van der Waals surface area (Å²) in [6, 6.07) is 3.04. The standard InChI is InChI=1S/C12H11ClFNO/c1-15-12(16)5-8-3-2-7-4-10(13)11(14)6-9(7)8/h4-6H,2-3H2,1H3,(H,15,16)/b8-5+. The number of aryl methyl sites for hydroxylation is 1. The molecule has 4 heteroatoms. The van der Waals surface area contributed by atoms with Gasteiger partial charge in [-0.3, -0.25) is 4.79 Å². The Bertz CT molecular complexity index is 482. The summed E-state index contributed by atoms with van der Waals surface area (Å²) in [6.07, 6.45) is 3.07. The number of allylic oxidation sites excluding steroid dienone is 1. The maximum Gasteiger partial charge on any atom is 0.244 e. The maximum absolute atomic E-state index is 13.3. The predicted octanol–water partition coefficient (Wildman–Crippen LogP) is 2.55. The smallest absolute Gasteiger partial charge is 0.244 e. The van der Waals surface area contributed by atoms with Crippen molar-refractivity contribution in [2.24, 2.45) is 0 Å². The van der Waals surface area contributed by atoms with Crippen LogP contribution in [0.25, 0.3) is 5.57 Å². The molecule has 0 radical (unpaired) electrons. The Morgan fingerprint density at radius 2 is 2.25 bits per heavy atom. The molecule has 0 saturated heterocycles. The molecule has 1 aromatic rings. The van der Waals surface area contributed by atoms with Crippen LogP contribution in [0.4, 0.5) is 4.39 Å². The topological polar surface area (TPSA) is 29.1 Å². The molecule has 0 unspecified atom stereocenters. The van der Waals surface area contributed by atoms with Gasteiger partial charge in [0.05, 0.1) is 5.02 Å². The molecule has 0 heterocycles. The average molecular weight is 240 g/mol. The molecule has 0 saturated carbocycles. The van der Waals surface area contributed by atoms with Gasteiger partial charge in [0.15, 0.2) is 0 Å². The number of nitrogens with one attached hydrogen (secondary N) is 1. The van der Waals surface area contributed by atoms with Crippen LogP contribution in [0.15, 0.2) is 18.2 Å². The van der Waals surface area contributed by atoms with E-state index in [0.29, 0.717) is 0 Å². The highest BCUT2D eigenvalue weighted by molar-refractivity contribution is 6.30. The SMILES string of the molecule is CNC(=O)/C=C1\CCc2cc(Cl)c(F)cc21. The van der Waals surface area contributed by atoms with Crippen molar-refractivity contribution in [1.29, 1.82) is 0 Å². The summed E-state index contributed by atoms with van der Waals surface area (Å²) in [5, 5.41) is 2.65. The number of carbonyl (C=O) groups excluding carboxylic acids is 1. The van der Waals surface area contributed by atoms with E-state index < -0.39 is 5.82 Å². The van der Waals surface area contributed by atoms with Crippen molar-refractivity contribution in [3.05, 3.63) is 40.2 Å². The van der Waals surface area contributed by atoms with Crippen LogP contribution >= 0.6 is 11.6 Å². The normalized spacial score (nSPS) is 16.3. The molecule has 0 bridgehead atoms. The van der Waals surface area contributed by atoms with Crippen molar-refractivity contribution < 1.29 is 9.18 Å². The lowest BCUT2D eigenvalue weighted by Crippen LogP contribution is -2.14. The fourth-order valence-electron chi connectivity index (χ4n) is 1.88. The summed E-state index contributed by atoms with van der Waals surface area (Å²) >= 11 is 5.70. The molecular formula is C12H11ClFNO. The highest BCUT2D eigenvalue weighted by atomic mass is 35.5. The Labute approximate surface area is 98.1 Å². The van der Waals surface area contributed by atoms with Gasteiger partial charge in [-0.2, -0.15) is 0 Å². The highest BCUT2D eigenvalue weighted by Gasteiger charge is 2.19. The number of carbonyl (C=O) groups is 1. The van der Waals surface area contributed by atoms with Crippen LogP contribution in [0, 0.1) is 5.82 Å². The molecule has 1 amide bonds. The van der Waals surface area contributed by atoms with Crippen molar-refractivity contribution in [3.8, 4) is 0 Å². The zero-order chi connectivity index (χ0) is 11.7. The van der Waals surface area contributed by atoms with E-state index in [-0.39, 0.29) is 10.9 Å². The van der Waals surface area contributed by atoms with Crippen LogP contribution in [0.2, 0.25) is 5.02 Å². The first-order valence-electron chi connectivity index (χ1n) is 5.02. The third-order valence-electron chi connectivity index (χ3n) is 2.71. The van der Waals surface area contributed by atoms with Gasteiger partial charge in [0.1, 0.15) is 5.82 Å². The first-order chi connectivity index (χ1) is 7.61. The molecule has 0 aliphatic heterocycles. The number of likely N-dealkylation sites (N-methyl/N-ethyl adjacent to an activating group) is 1. The lowest BCUT2D eigenvalue weighted by atomic mass is 10.1. The van der Waals surface area contributed by atoms with Gasteiger partial charge >= 0.3 is 0 Å². The molecule has 2 rings (SSSR count). The number of halogens is 2. The van der Waals surface area contributed by atoms with Crippen molar-refractivity contribution in [2.45, 2.75) is 12.8 Å². The Morgan fingerprint density at radius 3 is 2.94 bits per heavy atom. The van der Waals surface area contributed by atoms with Crippen LogP contribution in [-0.2, 0) is 11.2 Å². The van der Waals surface area contributed by atoms with Crippen molar-refractivity contribution in [3.63, 3.8) is 0 Å². The lowest BCUT2D eigenvalue weighted by molar-refractivity contribution is -0.116. The van der Waals surface area contributed by atoms with E-state index in [1.807, 2.05) is 0 Å². The zero-order valence-corrected chi connectivity index (χ0v) is 9.57. The molecule has 1 aliphatic carbocycles. The van der Waals surface area contributed by atoms with E-state index in [1.165, 1.54) is 12.1 Å². The van der Waals surface area contributed by atoms with Gasteiger partial charge in [0.2, 0.25) is 5.91 Å². The van der Waals surface area contributed by atoms with Gasteiger partial charge in [-0.25, -0.2) is 4.39 Å². The Balaban J connectivity index is 2.43. The van der Waals surface area contributed by atoms with E-state index in [2.05, 4.69) is 5.32 Å². The molecule has 0 atom stereocenters. The summed E-state index contributed by atoms with van der Waals surface area (Å²) in [4.78, 5) is 11.2. The Hall–Kier alpha value is -1.35. The first kappa shape index (κ1) is 11.1. The summed E-state index contributed by atoms with van der Waals surface area (Å²) < 4.78 is 13.3. The van der Waals surface area contributed by atoms with Crippen molar-refractivity contribution >= 4 is 23.1 Å². The molecule has 0 aromatic heterocycles. The second-order valence-corrected chi connectivity index (χ2v) is 4.11. The van der Waals surface area contributed by atoms with E-state index in [0.717, 1.165) is 29.5 Å². The van der Waals surface area contributed by atoms with E-state index in [9.17, 15) is 9.18 Å². The van der Waals surface area contributed by atoms with Crippen LogP contribution in [-0.4, -0.2) is 13.0 Å². The Kier molecular flexibility index (Phi) is 2.97. The predicted molar refractivity (Wildman–Crippen MR) is 61.8 cm³/mol. The van der Waals surface area contributed by atoms with Gasteiger partial charge in [0, 0.05) is 13.1 Å². The van der Waals surface area contributed by atoms with Gasteiger partial charge in [0.25, 0.3) is 0 Å². The molecule has 1 aliphatic rings. The van der Waals surface area contributed by atoms with Crippen molar-refractivity contribution in [1.82, 2.24) is 5.32 Å². The molecular weight excluding hydrogens is 229 g/mol. The van der Waals surface area contributed by atoms with Gasteiger partial charge < -0.3 is 5.32 Å². The molecule has 0 fully saturated rings. The maximum atomic E-state index is 13.3. The largest absolute Gasteiger partial charge is 0.356 e. The third kappa shape index (κ3) is 1.95.